The number of morpholine rings is 1. The van der Waals surface area contributed by atoms with Gasteiger partial charge in [-0.3, -0.25) is 5.01 Å². The van der Waals surface area contributed by atoms with Crippen molar-refractivity contribution in [3.8, 4) is 5.75 Å². The van der Waals surface area contributed by atoms with Crippen LogP contribution in [0.5, 0.6) is 5.75 Å². The predicted octanol–water partition coefficient (Wildman–Crippen LogP) is 3.16. The van der Waals surface area contributed by atoms with Gasteiger partial charge in [0, 0.05) is 0 Å². The lowest BCUT2D eigenvalue weighted by Crippen LogP contribution is -2.32. The average molecular weight is 416 g/mol. The zero-order valence-corrected chi connectivity index (χ0v) is 17.5. The van der Waals surface area contributed by atoms with Gasteiger partial charge < -0.3 is 24.2 Å². The van der Waals surface area contributed by atoms with Crippen LogP contribution in [0.1, 0.15) is 51.0 Å². The summed E-state index contributed by atoms with van der Waals surface area (Å²) in [4.78, 5) is 21.6. The van der Waals surface area contributed by atoms with Crippen LogP contribution < -0.4 is 4.74 Å². The molecule has 0 bridgehead atoms. The van der Waals surface area contributed by atoms with E-state index in [9.17, 15) is 0 Å². The summed E-state index contributed by atoms with van der Waals surface area (Å²) in [6.45, 7) is 6.34. The van der Waals surface area contributed by atoms with E-state index in [1.165, 1.54) is 32.1 Å². The topological polar surface area (TPSA) is 112 Å². The largest absolute Gasteiger partial charge is 0.494 e. The van der Waals surface area contributed by atoms with Crippen LogP contribution in [0.2, 0.25) is 0 Å². The summed E-state index contributed by atoms with van der Waals surface area (Å²) in [6, 6.07) is 8.16. The first kappa shape index (κ1) is 24.6. The fraction of sp³-hybridized carbons (Fsp3) is 0.632. The number of ether oxygens (including phenoxy) is 2. The van der Waals surface area contributed by atoms with Gasteiger partial charge in [-0.05, 0) is 36.2 Å². The SMILES string of the molecule is CCCCCCCCOc1ccc(/C=N/N2CCOCC2)cc1.O=P(O)(O)O. The molecular formula is C19H33N2O6P. The van der Waals surface area contributed by atoms with Crippen molar-refractivity contribution in [3.05, 3.63) is 29.8 Å². The molecule has 0 amide bonds. The smallest absolute Gasteiger partial charge is 0.466 e. The third-order valence-corrected chi connectivity index (χ3v) is 4.00. The van der Waals surface area contributed by atoms with E-state index >= 15 is 0 Å². The highest BCUT2D eigenvalue weighted by atomic mass is 31.2. The maximum atomic E-state index is 8.88. The molecular weight excluding hydrogens is 383 g/mol. The Morgan fingerprint density at radius 3 is 2.25 bits per heavy atom. The summed E-state index contributed by atoms with van der Waals surface area (Å²) in [5.74, 6) is 0.946. The first-order valence-electron chi connectivity index (χ1n) is 9.76. The second-order valence-electron chi connectivity index (χ2n) is 6.51. The van der Waals surface area contributed by atoms with E-state index < -0.39 is 7.82 Å². The van der Waals surface area contributed by atoms with Crippen molar-refractivity contribution in [2.75, 3.05) is 32.9 Å². The minimum atomic E-state index is -4.64. The minimum Gasteiger partial charge on any atom is -0.494 e. The molecule has 1 saturated heterocycles. The molecule has 160 valence electrons. The van der Waals surface area contributed by atoms with E-state index in [-0.39, 0.29) is 0 Å². The van der Waals surface area contributed by atoms with Gasteiger partial charge in [-0.1, -0.05) is 39.0 Å². The van der Waals surface area contributed by atoms with E-state index in [0.29, 0.717) is 0 Å². The zero-order chi connectivity index (χ0) is 20.7. The summed E-state index contributed by atoms with van der Waals surface area (Å²) in [7, 11) is -4.64. The molecule has 1 heterocycles. The van der Waals surface area contributed by atoms with E-state index in [0.717, 1.165) is 50.6 Å². The Morgan fingerprint density at radius 1 is 1.07 bits per heavy atom. The second kappa shape index (κ2) is 14.5. The average Bonchev–Trinajstić information content (AvgIpc) is 2.66. The van der Waals surface area contributed by atoms with Crippen molar-refractivity contribution in [3.63, 3.8) is 0 Å². The fourth-order valence-electron chi connectivity index (χ4n) is 2.54. The van der Waals surface area contributed by atoms with Crippen LogP contribution in [0.25, 0.3) is 0 Å². The Balaban J connectivity index is 0.000000696. The van der Waals surface area contributed by atoms with Crippen LogP contribution in [0, 0.1) is 0 Å². The van der Waals surface area contributed by atoms with Gasteiger partial charge >= 0.3 is 7.82 Å². The summed E-state index contributed by atoms with van der Waals surface area (Å²) in [6.07, 6.45) is 9.66. The molecule has 0 spiro atoms. The number of nitrogens with zero attached hydrogens (tertiary/aromatic N) is 2. The van der Waals surface area contributed by atoms with Crippen LogP contribution in [-0.4, -0.2) is 58.8 Å². The van der Waals surface area contributed by atoms with Gasteiger partial charge in [-0.2, -0.15) is 5.10 Å². The number of unbranched alkanes of at least 4 members (excludes halogenated alkanes) is 5. The standard InChI is InChI=1S/C19H30N2O2.H3O4P/c1-2-3-4-5-6-7-14-23-19-10-8-18(9-11-19)17-20-21-12-15-22-16-13-21;1-5(2,3)4/h8-11,17H,2-7,12-16H2,1H3;(H3,1,2,3,4)/b20-17+;. The van der Waals surface area contributed by atoms with Gasteiger partial charge in [0.2, 0.25) is 0 Å². The summed E-state index contributed by atoms with van der Waals surface area (Å²) in [5, 5.41) is 6.53. The van der Waals surface area contributed by atoms with Gasteiger partial charge in [0.15, 0.2) is 0 Å². The molecule has 0 unspecified atom stereocenters. The molecule has 0 radical (unpaired) electrons. The highest BCUT2D eigenvalue weighted by Gasteiger charge is 2.06. The van der Waals surface area contributed by atoms with Crippen molar-refractivity contribution >= 4 is 14.0 Å². The molecule has 0 aliphatic carbocycles. The summed E-state index contributed by atoms with van der Waals surface area (Å²) >= 11 is 0. The van der Waals surface area contributed by atoms with E-state index in [1.54, 1.807) is 0 Å². The Kier molecular flexibility index (Phi) is 12.8. The van der Waals surface area contributed by atoms with Gasteiger partial charge in [0.05, 0.1) is 39.1 Å². The number of hydrogen-bond acceptors (Lipinski definition) is 5. The zero-order valence-electron chi connectivity index (χ0n) is 16.6. The molecule has 9 heteroatoms. The van der Waals surface area contributed by atoms with Gasteiger partial charge in [0.25, 0.3) is 0 Å². The van der Waals surface area contributed by atoms with Crippen LogP contribution in [-0.2, 0) is 9.30 Å². The molecule has 0 atom stereocenters. The van der Waals surface area contributed by atoms with Gasteiger partial charge in [-0.15, -0.1) is 0 Å². The number of phosphoric acid groups is 1. The van der Waals surface area contributed by atoms with E-state index in [4.69, 9.17) is 28.7 Å². The number of rotatable bonds is 10. The lowest BCUT2D eigenvalue weighted by molar-refractivity contribution is 0.0397. The van der Waals surface area contributed by atoms with Gasteiger partial charge in [0.1, 0.15) is 5.75 Å². The molecule has 1 aromatic rings. The third-order valence-electron chi connectivity index (χ3n) is 4.00. The molecule has 3 N–H and O–H groups in total. The molecule has 1 aliphatic heterocycles. The molecule has 28 heavy (non-hydrogen) atoms. The normalized spacial score (nSPS) is 14.6. The van der Waals surface area contributed by atoms with Crippen LogP contribution >= 0.6 is 7.82 Å². The van der Waals surface area contributed by atoms with Crippen molar-refractivity contribution in [2.45, 2.75) is 45.4 Å². The number of benzene rings is 1. The predicted molar refractivity (Wildman–Crippen MR) is 110 cm³/mol. The Morgan fingerprint density at radius 2 is 1.64 bits per heavy atom. The number of hydrazone groups is 1. The fourth-order valence-corrected chi connectivity index (χ4v) is 2.54. The molecule has 1 fully saturated rings. The lowest BCUT2D eigenvalue weighted by atomic mass is 10.1. The minimum absolute atomic E-state index is 0.766. The Labute approximate surface area is 167 Å². The summed E-state index contributed by atoms with van der Waals surface area (Å²) < 4.78 is 20.0. The molecule has 1 aliphatic rings. The monoisotopic (exact) mass is 416 g/mol. The third kappa shape index (κ3) is 14.6. The Hall–Kier alpha value is -1.44. The molecule has 2 rings (SSSR count). The maximum Gasteiger partial charge on any atom is 0.466 e. The molecule has 0 aromatic heterocycles. The Bertz CT molecular complexity index is 576. The number of hydrogen-bond donors (Lipinski definition) is 3. The van der Waals surface area contributed by atoms with Crippen LogP contribution in [0.15, 0.2) is 29.4 Å². The van der Waals surface area contributed by atoms with Crippen molar-refractivity contribution in [2.24, 2.45) is 5.10 Å². The molecule has 8 nitrogen and oxygen atoms in total. The lowest BCUT2D eigenvalue weighted by Gasteiger charge is -2.23. The highest BCUT2D eigenvalue weighted by Crippen LogP contribution is 2.25. The second-order valence-corrected chi connectivity index (χ2v) is 7.54. The first-order valence-corrected chi connectivity index (χ1v) is 11.3. The van der Waals surface area contributed by atoms with Crippen molar-refractivity contribution in [1.29, 1.82) is 0 Å². The van der Waals surface area contributed by atoms with Crippen LogP contribution in [0.3, 0.4) is 0 Å². The van der Waals surface area contributed by atoms with Crippen LogP contribution in [0.4, 0.5) is 0 Å². The quantitative estimate of drug-likeness (QED) is 0.305. The van der Waals surface area contributed by atoms with Crippen molar-refractivity contribution in [1.82, 2.24) is 5.01 Å². The highest BCUT2D eigenvalue weighted by molar-refractivity contribution is 7.45. The van der Waals surface area contributed by atoms with E-state index in [1.807, 2.05) is 23.4 Å². The maximum absolute atomic E-state index is 8.88. The molecule has 0 saturated carbocycles. The van der Waals surface area contributed by atoms with Gasteiger partial charge in [-0.25, -0.2) is 4.57 Å². The first-order chi connectivity index (χ1) is 13.4. The summed E-state index contributed by atoms with van der Waals surface area (Å²) in [5.41, 5.74) is 1.10. The molecule has 1 aromatic carbocycles. The van der Waals surface area contributed by atoms with Crippen molar-refractivity contribution < 1.29 is 28.7 Å². The van der Waals surface area contributed by atoms with E-state index in [2.05, 4.69) is 24.2 Å².